The van der Waals surface area contributed by atoms with Crippen molar-refractivity contribution in [2.45, 2.75) is 77.0 Å². The topological polar surface area (TPSA) is 157 Å². The Labute approximate surface area is 218 Å². The molecule has 0 aliphatic heterocycles. The van der Waals surface area contributed by atoms with E-state index in [1.165, 1.54) is 56.7 Å². The van der Waals surface area contributed by atoms with Crippen LogP contribution in [0.2, 0.25) is 0 Å². The average Bonchev–Trinajstić information content (AvgIpc) is 2.81. The number of hydrogen-bond donors (Lipinski definition) is 2. The van der Waals surface area contributed by atoms with E-state index in [1.807, 2.05) is 6.92 Å². The Morgan fingerprint density at radius 1 is 0.972 bits per heavy atom. The molecule has 0 heterocycles. The zero-order valence-electron chi connectivity index (χ0n) is 22.6. The van der Waals surface area contributed by atoms with E-state index in [1.54, 1.807) is 7.05 Å². The highest BCUT2D eigenvalue weighted by Crippen LogP contribution is 2.20. The molecule has 0 bridgehead atoms. The van der Waals surface area contributed by atoms with Crippen LogP contribution in [0.25, 0.3) is 0 Å². The van der Waals surface area contributed by atoms with E-state index in [0.29, 0.717) is 25.0 Å². The van der Waals surface area contributed by atoms with E-state index < -0.39 is 47.4 Å². The third-order valence-corrected chi connectivity index (χ3v) is 6.85. The number of ether oxygens (including phenoxy) is 2. The molecular formula is C24H43N3O8S. The maximum Gasteiger partial charge on any atom is 0.320 e. The number of carbonyl (C=O) groups is 5. The smallest absolute Gasteiger partial charge is 0.320 e. The highest BCUT2D eigenvalue weighted by molar-refractivity contribution is 7.99. The van der Waals surface area contributed by atoms with Crippen molar-refractivity contribution in [3.63, 3.8) is 0 Å². The summed E-state index contributed by atoms with van der Waals surface area (Å²) in [5.41, 5.74) is 4.29. The number of nitrogens with two attached hydrogens (primary N) is 1. The second-order valence-corrected chi connectivity index (χ2v) is 10.5. The molecule has 2 atom stereocenters. The highest BCUT2D eigenvalue weighted by atomic mass is 32.2. The van der Waals surface area contributed by atoms with Crippen molar-refractivity contribution in [3.8, 4) is 0 Å². The Morgan fingerprint density at radius 2 is 1.53 bits per heavy atom. The number of likely N-dealkylation sites (N-methyl/N-ethyl adjacent to an activating group) is 2. The molecule has 0 saturated heterocycles. The van der Waals surface area contributed by atoms with Crippen LogP contribution in [0.4, 0.5) is 0 Å². The predicted molar refractivity (Wildman–Crippen MR) is 137 cm³/mol. The quantitative estimate of drug-likeness (QED) is 0.158. The lowest BCUT2D eigenvalue weighted by atomic mass is 9.97. The van der Waals surface area contributed by atoms with Crippen LogP contribution in [0.1, 0.15) is 59.3 Å². The number of carbonyl (C=O) groups excluding carboxylic acids is 5. The summed E-state index contributed by atoms with van der Waals surface area (Å²) in [6.07, 6.45) is 2.34. The van der Waals surface area contributed by atoms with Gasteiger partial charge in [-0.15, -0.1) is 0 Å². The Morgan fingerprint density at radius 3 is 1.97 bits per heavy atom. The van der Waals surface area contributed by atoms with Crippen molar-refractivity contribution in [1.82, 2.24) is 9.80 Å². The van der Waals surface area contributed by atoms with Crippen LogP contribution in [-0.2, 0) is 33.4 Å². The number of rotatable bonds is 17. The van der Waals surface area contributed by atoms with Crippen molar-refractivity contribution in [2.24, 2.45) is 11.7 Å². The lowest BCUT2D eigenvalue weighted by Crippen LogP contribution is -2.56. The lowest BCUT2D eigenvalue weighted by molar-refractivity contribution is -0.159. The summed E-state index contributed by atoms with van der Waals surface area (Å²) in [5.74, 6) is -2.76. The Bertz CT molecular complexity index is 740. The summed E-state index contributed by atoms with van der Waals surface area (Å²) in [7, 11) is 5.42. The third kappa shape index (κ3) is 11.6. The fourth-order valence-electron chi connectivity index (χ4n) is 3.57. The number of primary amides is 1. The van der Waals surface area contributed by atoms with E-state index in [4.69, 9.17) is 5.73 Å². The molecule has 0 aliphatic carbocycles. The molecule has 0 aliphatic rings. The zero-order valence-corrected chi connectivity index (χ0v) is 23.4. The summed E-state index contributed by atoms with van der Waals surface area (Å²) in [4.78, 5) is 64.2. The number of esters is 2. The fraction of sp³-hybridized carbons (Fsp3) is 0.792. The molecule has 3 N–H and O–H groups in total. The van der Waals surface area contributed by atoms with Gasteiger partial charge in [-0.2, -0.15) is 11.8 Å². The molecule has 0 radical (unpaired) electrons. The maximum atomic E-state index is 13.4. The van der Waals surface area contributed by atoms with Gasteiger partial charge in [0.05, 0.1) is 19.8 Å². The second-order valence-electron chi connectivity index (χ2n) is 9.32. The molecular weight excluding hydrogens is 490 g/mol. The molecule has 208 valence electrons. The van der Waals surface area contributed by atoms with Gasteiger partial charge in [0.15, 0.2) is 5.92 Å². The first-order valence-electron chi connectivity index (χ1n) is 12.0. The Balaban J connectivity index is 5.28. The van der Waals surface area contributed by atoms with Crippen LogP contribution in [0, 0.1) is 5.92 Å². The lowest BCUT2D eigenvalue weighted by Gasteiger charge is -2.35. The van der Waals surface area contributed by atoms with Crippen molar-refractivity contribution in [2.75, 3.05) is 39.8 Å². The van der Waals surface area contributed by atoms with Crippen molar-refractivity contribution in [3.05, 3.63) is 0 Å². The van der Waals surface area contributed by atoms with Crippen molar-refractivity contribution in [1.29, 1.82) is 0 Å². The number of hydrogen-bond acceptors (Lipinski definition) is 9. The molecule has 0 fully saturated rings. The summed E-state index contributed by atoms with van der Waals surface area (Å²) in [6, 6.07) is -1.87. The van der Waals surface area contributed by atoms with Crippen LogP contribution >= 0.6 is 11.8 Å². The van der Waals surface area contributed by atoms with Gasteiger partial charge in [-0.3, -0.25) is 24.0 Å². The van der Waals surface area contributed by atoms with Gasteiger partial charge in [0.2, 0.25) is 17.7 Å². The Kier molecular flexibility index (Phi) is 15.3. The predicted octanol–water partition coefficient (Wildman–Crippen LogP) is 0.953. The largest absolute Gasteiger partial charge is 0.468 e. The van der Waals surface area contributed by atoms with Crippen LogP contribution < -0.4 is 5.73 Å². The monoisotopic (exact) mass is 533 g/mol. The SMILES string of the molecule is CCCC(=O)N(C)[C@H](CSCCCCC(C(=O)OC)C(=O)OC)C(=O)N(C)[C@@H](CC(C)(C)O)C(N)=O. The van der Waals surface area contributed by atoms with E-state index in [-0.39, 0.29) is 30.9 Å². The first-order valence-corrected chi connectivity index (χ1v) is 13.1. The van der Waals surface area contributed by atoms with Gasteiger partial charge in [-0.05, 0) is 38.9 Å². The van der Waals surface area contributed by atoms with Crippen LogP contribution in [0.15, 0.2) is 0 Å². The Hall–Kier alpha value is -2.34. The minimum absolute atomic E-state index is 0.0430. The number of methoxy groups -OCH3 is 2. The molecule has 11 nitrogen and oxygen atoms in total. The fourth-order valence-corrected chi connectivity index (χ4v) is 4.73. The summed E-state index contributed by atoms with van der Waals surface area (Å²) >= 11 is 1.44. The minimum Gasteiger partial charge on any atom is -0.468 e. The number of nitrogens with zero attached hydrogens (tertiary/aromatic N) is 2. The molecule has 0 aromatic carbocycles. The van der Waals surface area contributed by atoms with E-state index >= 15 is 0 Å². The van der Waals surface area contributed by atoms with Gasteiger partial charge in [0.25, 0.3) is 0 Å². The molecule has 0 unspecified atom stereocenters. The van der Waals surface area contributed by atoms with E-state index in [2.05, 4.69) is 9.47 Å². The van der Waals surface area contributed by atoms with Crippen molar-refractivity contribution >= 4 is 41.4 Å². The van der Waals surface area contributed by atoms with Gasteiger partial charge in [0, 0.05) is 32.7 Å². The van der Waals surface area contributed by atoms with Crippen LogP contribution in [-0.4, -0.2) is 102 Å². The van der Waals surface area contributed by atoms with Gasteiger partial charge < -0.3 is 30.1 Å². The minimum atomic E-state index is -1.23. The first-order chi connectivity index (χ1) is 16.7. The first kappa shape index (κ1) is 33.7. The number of amides is 3. The van der Waals surface area contributed by atoms with Gasteiger partial charge in [-0.25, -0.2) is 0 Å². The van der Waals surface area contributed by atoms with E-state index in [9.17, 15) is 29.1 Å². The number of aliphatic hydroxyl groups is 1. The van der Waals surface area contributed by atoms with Crippen LogP contribution in [0.5, 0.6) is 0 Å². The molecule has 0 aromatic heterocycles. The van der Waals surface area contributed by atoms with Crippen LogP contribution in [0.3, 0.4) is 0 Å². The van der Waals surface area contributed by atoms with Gasteiger partial charge >= 0.3 is 11.9 Å². The summed E-state index contributed by atoms with van der Waals surface area (Å²) in [5, 5.41) is 10.2. The number of unbranched alkanes of at least 4 members (excludes halogenated alkanes) is 1. The molecule has 36 heavy (non-hydrogen) atoms. The summed E-state index contributed by atoms with van der Waals surface area (Å²) < 4.78 is 9.31. The normalized spacial score (nSPS) is 13.0. The highest BCUT2D eigenvalue weighted by Gasteiger charge is 2.36. The number of thioether (sulfide) groups is 1. The van der Waals surface area contributed by atoms with Crippen molar-refractivity contribution < 1.29 is 38.6 Å². The van der Waals surface area contributed by atoms with Gasteiger partial charge in [-0.1, -0.05) is 13.3 Å². The molecule has 0 saturated carbocycles. The van der Waals surface area contributed by atoms with E-state index in [0.717, 1.165) is 0 Å². The molecule has 3 amide bonds. The summed E-state index contributed by atoms with van der Waals surface area (Å²) in [6.45, 7) is 4.92. The standard InChI is InChI=1S/C24H43N3O8S/c1-8-11-19(28)26(4)18(21(30)27(5)17(20(25)29)14-24(2,3)33)15-36-13-10-9-12-16(22(31)34-6)23(32)35-7/h16-18,33H,8-15H2,1-7H3,(H2,25,29)/t17-,18+/m0/s1. The molecule has 0 rings (SSSR count). The maximum absolute atomic E-state index is 13.4. The zero-order chi connectivity index (χ0) is 28.1. The molecule has 0 spiro atoms. The van der Waals surface area contributed by atoms with Gasteiger partial charge in [0.1, 0.15) is 12.1 Å². The molecule has 12 heteroatoms. The average molecular weight is 534 g/mol. The second kappa shape index (κ2) is 16.4. The molecule has 0 aromatic rings. The third-order valence-electron chi connectivity index (χ3n) is 5.72.